The Labute approximate surface area is 187 Å². The van der Waals surface area contributed by atoms with Crippen molar-refractivity contribution in [3.05, 3.63) is 63.7 Å². The number of carbonyl (C=O) groups excluding carboxylic acids is 1. The Bertz CT molecular complexity index is 1140. The molecule has 0 unspecified atom stereocenters. The number of fused-ring (bicyclic) bond motifs is 1. The van der Waals surface area contributed by atoms with E-state index >= 15 is 0 Å². The number of nitrogens with one attached hydrogen (secondary N) is 1. The minimum atomic E-state index is -3.59. The van der Waals surface area contributed by atoms with E-state index < -0.39 is 21.0 Å². The largest absolute Gasteiger partial charge is 0.319 e. The number of benzene rings is 2. The summed E-state index contributed by atoms with van der Waals surface area (Å²) in [7, 11) is -3.59. The number of aryl methyl sites for hydroxylation is 2. The van der Waals surface area contributed by atoms with Gasteiger partial charge in [0.1, 0.15) is 5.69 Å². The van der Waals surface area contributed by atoms with Gasteiger partial charge in [-0.2, -0.15) is 4.31 Å². The highest BCUT2D eigenvalue weighted by Crippen LogP contribution is 2.27. The highest BCUT2D eigenvalue weighted by atomic mass is 32.2. The number of nitrogens with zero attached hydrogens (tertiary/aromatic N) is 3. The van der Waals surface area contributed by atoms with Gasteiger partial charge in [-0.25, -0.2) is 8.42 Å². The molecule has 0 radical (unpaired) electrons. The number of hydrogen-bond acceptors (Lipinski definition) is 6. The Morgan fingerprint density at radius 1 is 1.06 bits per heavy atom. The van der Waals surface area contributed by atoms with Crippen molar-refractivity contribution in [3.8, 4) is 0 Å². The Morgan fingerprint density at radius 2 is 1.75 bits per heavy atom. The maximum atomic E-state index is 13.1. The SMILES string of the molecule is C[C@H](C(=O)Nc1ccccc1[N+](=O)[O-])N1CCN(S(=O)(=O)c2ccc3c(c2)CCC3)CC1. The molecule has 0 spiro atoms. The van der Waals surface area contributed by atoms with Gasteiger partial charge in [0.15, 0.2) is 0 Å². The van der Waals surface area contributed by atoms with Crippen LogP contribution in [0.5, 0.6) is 0 Å². The first-order valence-corrected chi connectivity index (χ1v) is 12.1. The molecule has 2 aliphatic rings. The van der Waals surface area contributed by atoms with Crippen molar-refractivity contribution in [2.45, 2.75) is 37.1 Å². The van der Waals surface area contributed by atoms with Gasteiger partial charge in [0.2, 0.25) is 15.9 Å². The second kappa shape index (κ2) is 8.97. The lowest BCUT2D eigenvalue weighted by molar-refractivity contribution is -0.383. The summed E-state index contributed by atoms with van der Waals surface area (Å²) < 4.78 is 27.7. The molecule has 1 N–H and O–H groups in total. The van der Waals surface area contributed by atoms with Gasteiger partial charge in [-0.05, 0) is 55.5 Å². The molecule has 1 atom stereocenters. The number of rotatable bonds is 6. The van der Waals surface area contributed by atoms with Gasteiger partial charge in [-0.3, -0.25) is 19.8 Å². The number of para-hydroxylation sites is 2. The quantitative estimate of drug-likeness (QED) is 0.525. The third-order valence-electron chi connectivity index (χ3n) is 6.27. The molecule has 0 aromatic heterocycles. The predicted octanol–water partition coefficient (Wildman–Crippen LogP) is 2.42. The number of nitro groups is 1. The number of nitro benzene ring substituents is 1. The Kier molecular flexibility index (Phi) is 6.27. The van der Waals surface area contributed by atoms with Gasteiger partial charge in [0.05, 0.1) is 15.9 Å². The van der Waals surface area contributed by atoms with Gasteiger partial charge in [0.25, 0.3) is 5.69 Å². The summed E-state index contributed by atoms with van der Waals surface area (Å²) in [6, 6.07) is 10.8. The van der Waals surface area contributed by atoms with E-state index in [9.17, 15) is 23.3 Å². The van der Waals surface area contributed by atoms with Crippen molar-refractivity contribution in [3.63, 3.8) is 0 Å². The Hall–Kier alpha value is -2.82. The zero-order valence-electron chi connectivity index (χ0n) is 17.9. The van der Waals surface area contributed by atoms with E-state index in [-0.39, 0.29) is 30.4 Å². The molecule has 1 saturated heterocycles. The monoisotopic (exact) mass is 458 g/mol. The predicted molar refractivity (Wildman–Crippen MR) is 120 cm³/mol. The van der Waals surface area contributed by atoms with Crippen LogP contribution in [0.1, 0.15) is 24.5 Å². The van der Waals surface area contributed by atoms with Crippen LogP contribution in [0.2, 0.25) is 0 Å². The van der Waals surface area contributed by atoms with Crippen molar-refractivity contribution < 1.29 is 18.1 Å². The molecule has 0 saturated carbocycles. The number of anilines is 1. The van der Waals surface area contributed by atoms with E-state index in [1.165, 1.54) is 28.1 Å². The molecule has 2 aromatic carbocycles. The van der Waals surface area contributed by atoms with Crippen LogP contribution >= 0.6 is 0 Å². The fourth-order valence-electron chi connectivity index (χ4n) is 4.33. The molecule has 1 heterocycles. The number of carbonyl (C=O) groups is 1. The van der Waals surface area contributed by atoms with Crippen LogP contribution in [-0.4, -0.2) is 60.7 Å². The van der Waals surface area contributed by atoms with Crippen LogP contribution < -0.4 is 5.32 Å². The van der Waals surface area contributed by atoms with E-state index in [0.717, 1.165) is 24.8 Å². The van der Waals surface area contributed by atoms with Crippen LogP contribution in [-0.2, 0) is 27.7 Å². The molecular formula is C22H26N4O5S. The molecule has 1 fully saturated rings. The number of sulfonamides is 1. The molecule has 1 amide bonds. The van der Waals surface area contributed by atoms with Crippen molar-refractivity contribution in [2.24, 2.45) is 0 Å². The van der Waals surface area contributed by atoms with Gasteiger partial charge in [0, 0.05) is 32.2 Å². The second-order valence-electron chi connectivity index (χ2n) is 8.16. The maximum Gasteiger partial charge on any atom is 0.292 e. The van der Waals surface area contributed by atoms with Crippen molar-refractivity contribution in [2.75, 3.05) is 31.5 Å². The summed E-state index contributed by atoms with van der Waals surface area (Å²) in [5.41, 5.74) is 2.32. The normalized spacial score (nSPS) is 18.2. The van der Waals surface area contributed by atoms with Crippen LogP contribution in [0.4, 0.5) is 11.4 Å². The first-order valence-electron chi connectivity index (χ1n) is 10.7. The topological polar surface area (TPSA) is 113 Å². The fourth-order valence-corrected chi connectivity index (χ4v) is 5.80. The summed E-state index contributed by atoms with van der Waals surface area (Å²) >= 11 is 0. The van der Waals surface area contributed by atoms with Crippen molar-refractivity contribution in [1.82, 2.24) is 9.21 Å². The number of hydrogen-bond donors (Lipinski definition) is 1. The Morgan fingerprint density at radius 3 is 2.47 bits per heavy atom. The fraction of sp³-hybridized carbons (Fsp3) is 0.409. The summed E-state index contributed by atoms with van der Waals surface area (Å²) in [4.78, 5) is 25.5. The van der Waals surface area contributed by atoms with Crippen LogP contribution in [0.25, 0.3) is 0 Å². The lowest BCUT2D eigenvalue weighted by Gasteiger charge is -2.36. The molecule has 2 aromatic rings. The van der Waals surface area contributed by atoms with E-state index in [0.29, 0.717) is 18.0 Å². The standard InChI is InChI=1S/C22H26N4O5S/c1-16(22(27)23-20-7-2-3-8-21(20)26(28)29)24-11-13-25(14-12-24)32(30,31)19-10-9-17-5-4-6-18(17)15-19/h2-3,7-10,15-16H,4-6,11-14H2,1H3,(H,23,27)/t16-/m1/s1. The molecule has 170 valence electrons. The van der Waals surface area contributed by atoms with Gasteiger partial charge < -0.3 is 5.32 Å². The summed E-state index contributed by atoms with van der Waals surface area (Å²) in [5.74, 6) is -0.366. The third-order valence-corrected chi connectivity index (χ3v) is 8.16. The third kappa shape index (κ3) is 4.38. The minimum Gasteiger partial charge on any atom is -0.319 e. The first kappa shape index (κ1) is 22.4. The lowest BCUT2D eigenvalue weighted by atomic mass is 10.1. The van der Waals surface area contributed by atoms with Crippen molar-refractivity contribution >= 4 is 27.3 Å². The molecule has 9 nitrogen and oxygen atoms in total. The molecule has 32 heavy (non-hydrogen) atoms. The molecule has 10 heteroatoms. The zero-order valence-corrected chi connectivity index (χ0v) is 18.7. The highest BCUT2D eigenvalue weighted by Gasteiger charge is 2.32. The van der Waals surface area contributed by atoms with Crippen LogP contribution in [0.3, 0.4) is 0 Å². The second-order valence-corrected chi connectivity index (χ2v) is 10.1. The average molecular weight is 459 g/mol. The van der Waals surface area contributed by atoms with E-state index in [2.05, 4.69) is 5.32 Å². The molecular weight excluding hydrogens is 432 g/mol. The molecule has 1 aliphatic heterocycles. The Balaban J connectivity index is 1.39. The van der Waals surface area contributed by atoms with Gasteiger partial charge in [-0.1, -0.05) is 18.2 Å². The van der Waals surface area contributed by atoms with E-state index in [1.807, 2.05) is 11.0 Å². The summed E-state index contributed by atoms with van der Waals surface area (Å²) in [6.07, 6.45) is 2.97. The van der Waals surface area contributed by atoms with Crippen LogP contribution in [0, 0.1) is 10.1 Å². The van der Waals surface area contributed by atoms with E-state index in [4.69, 9.17) is 0 Å². The van der Waals surface area contributed by atoms with E-state index in [1.54, 1.807) is 25.1 Å². The summed E-state index contributed by atoms with van der Waals surface area (Å²) in [5, 5.41) is 13.8. The summed E-state index contributed by atoms with van der Waals surface area (Å²) in [6.45, 7) is 3.07. The lowest BCUT2D eigenvalue weighted by Crippen LogP contribution is -2.53. The van der Waals surface area contributed by atoms with Crippen LogP contribution in [0.15, 0.2) is 47.4 Å². The van der Waals surface area contributed by atoms with Gasteiger partial charge in [-0.15, -0.1) is 0 Å². The highest BCUT2D eigenvalue weighted by molar-refractivity contribution is 7.89. The average Bonchev–Trinajstić information content (AvgIpc) is 3.27. The van der Waals surface area contributed by atoms with Crippen molar-refractivity contribution in [1.29, 1.82) is 0 Å². The smallest absolute Gasteiger partial charge is 0.292 e. The van der Waals surface area contributed by atoms with Gasteiger partial charge >= 0.3 is 0 Å². The zero-order chi connectivity index (χ0) is 22.9. The molecule has 4 rings (SSSR count). The number of piperazine rings is 1. The molecule has 0 bridgehead atoms. The first-order chi connectivity index (χ1) is 15.3. The molecule has 1 aliphatic carbocycles. The minimum absolute atomic E-state index is 0.146. The number of amides is 1. The maximum absolute atomic E-state index is 13.1.